The first kappa shape index (κ1) is 31.9. The minimum absolute atomic E-state index is 0.0906. The van der Waals surface area contributed by atoms with Crippen LogP contribution in [0.25, 0.3) is 0 Å². The molecular formula is C32H39N3O7. The van der Waals surface area contributed by atoms with Gasteiger partial charge in [0.25, 0.3) is 0 Å². The molecule has 0 aliphatic heterocycles. The number of methoxy groups -OCH3 is 1. The van der Waals surface area contributed by atoms with Crippen LogP contribution in [0.15, 0.2) is 77.4 Å². The van der Waals surface area contributed by atoms with Gasteiger partial charge in [-0.15, -0.1) is 0 Å². The summed E-state index contributed by atoms with van der Waals surface area (Å²) >= 11 is 0. The topological polar surface area (TPSA) is 136 Å². The second kappa shape index (κ2) is 16.0. The Bertz CT molecular complexity index is 1290. The Hall–Kier alpha value is -4.60. The van der Waals surface area contributed by atoms with Crippen molar-refractivity contribution in [3.8, 4) is 5.75 Å². The van der Waals surface area contributed by atoms with Crippen molar-refractivity contribution in [2.24, 2.45) is 5.92 Å². The minimum Gasteiger partial charge on any atom is -0.497 e. The Labute approximate surface area is 246 Å². The number of furan rings is 1. The molecule has 3 N–H and O–H groups in total. The Morgan fingerprint density at radius 3 is 1.90 bits per heavy atom. The molecule has 0 fully saturated rings. The summed E-state index contributed by atoms with van der Waals surface area (Å²) in [5.74, 6) is -0.599. The minimum atomic E-state index is -1.06. The molecule has 0 spiro atoms. The van der Waals surface area contributed by atoms with Crippen LogP contribution in [-0.4, -0.2) is 55.5 Å². The normalized spacial score (nSPS) is 13.0. The van der Waals surface area contributed by atoms with Crippen LogP contribution in [0.2, 0.25) is 0 Å². The van der Waals surface area contributed by atoms with Crippen molar-refractivity contribution in [3.63, 3.8) is 0 Å². The van der Waals surface area contributed by atoms with Crippen molar-refractivity contribution >= 4 is 23.7 Å². The highest BCUT2D eigenvalue weighted by molar-refractivity contribution is 6.01. The van der Waals surface area contributed by atoms with E-state index in [0.717, 1.165) is 11.1 Å². The molecule has 10 nitrogen and oxygen atoms in total. The van der Waals surface area contributed by atoms with Crippen LogP contribution in [0.4, 0.5) is 4.79 Å². The van der Waals surface area contributed by atoms with Gasteiger partial charge < -0.3 is 29.8 Å². The van der Waals surface area contributed by atoms with E-state index in [1.54, 1.807) is 50.4 Å². The van der Waals surface area contributed by atoms with Crippen molar-refractivity contribution in [3.05, 3.63) is 89.9 Å². The third kappa shape index (κ3) is 9.79. The van der Waals surface area contributed by atoms with E-state index in [2.05, 4.69) is 16.0 Å². The summed E-state index contributed by atoms with van der Waals surface area (Å²) in [7, 11) is 1.56. The standard InChI is InChI=1S/C32H39N3O7/c1-5-41-32(39)35-27(19-22-10-7-6-8-11-22)31(38)34-26(20-23-13-15-24(40-4)16-14-23)30(37)33-25(18-21(2)3)29(36)28-12-9-17-42-28/h6-17,21,25-27H,5,18-20H2,1-4H3,(H,33,37)(H,34,38)(H,35,39)/t25-,26-,27-/m0/s1. The van der Waals surface area contributed by atoms with E-state index in [1.165, 1.54) is 6.26 Å². The number of carbonyl (C=O) groups excluding carboxylic acids is 4. The maximum atomic E-state index is 13.7. The molecule has 0 saturated heterocycles. The molecule has 1 aromatic heterocycles. The molecule has 3 amide bonds. The van der Waals surface area contributed by atoms with Crippen molar-refractivity contribution in [1.29, 1.82) is 0 Å². The van der Waals surface area contributed by atoms with Gasteiger partial charge in [-0.25, -0.2) is 4.79 Å². The number of ether oxygens (including phenoxy) is 2. The number of amides is 3. The Balaban J connectivity index is 1.87. The molecule has 0 aliphatic carbocycles. The lowest BCUT2D eigenvalue weighted by Crippen LogP contribution is -2.57. The zero-order chi connectivity index (χ0) is 30.5. The van der Waals surface area contributed by atoms with Crippen LogP contribution in [0.3, 0.4) is 0 Å². The highest BCUT2D eigenvalue weighted by Crippen LogP contribution is 2.16. The third-order valence-corrected chi connectivity index (χ3v) is 6.50. The average molecular weight is 578 g/mol. The highest BCUT2D eigenvalue weighted by atomic mass is 16.5. The number of hydrogen-bond acceptors (Lipinski definition) is 7. The van der Waals surface area contributed by atoms with Gasteiger partial charge in [-0.2, -0.15) is 0 Å². The number of hydrogen-bond donors (Lipinski definition) is 3. The van der Waals surface area contributed by atoms with E-state index in [-0.39, 0.29) is 36.9 Å². The molecule has 3 aromatic rings. The molecule has 224 valence electrons. The first-order valence-corrected chi connectivity index (χ1v) is 14.0. The predicted molar refractivity (Wildman–Crippen MR) is 157 cm³/mol. The summed E-state index contributed by atoms with van der Waals surface area (Å²) in [5.41, 5.74) is 1.57. The molecule has 1 heterocycles. The van der Waals surface area contributed by atoms with E-state index < -0.39 is 36.0 Å². The molecule has 3 atom stereocenters. The zero-order valence-corrected chi connectivity index (χ0v) is 24.4. The van der Waals surface area contributed by atoms with E-state index in [9.17, 15) is 19.2 Å². The third-order valence-electron chi connectivity index (χ3n) is 6.50. The van der Waals surface area contributed by atoms with E-state index in [1.807, 2.05) is 44.2 Å². The summed E-state index contributed by atoms with van der Waals surface area (Å²) < 4.78 is 15.5. The smallest absolute Gasteiger partial charge is 0.407 e. The summed E-state index contributed by atoms with van der Waals surface area (Å²) in [5, 5.41) is 8.25. The van der Waals surface area contributed by atoms with Gasteiger partial charge in [-0.05, 0) is 54.7 Å². The lowest BCUT2D eigenvalue weighted by atomic mass is 9.97. The Morgan fingerprint density at radius 2 is 1.36 bits per heavy atom. The SMILES string of the molecule is CCOC(=O)N[C@@H](Cc1ccccc1)C(=O)N[C@@H](Cc1ccc(OC)cc1)C(=O)N[C@@H](CC(C)C)C(=O)c1ccco1. The van der Waals surface area contributed by atoms with Crippen LogP contribution < -0.4 is 20.7 Å². The quantitative estimate of drug-likeness (QED) is 0.232. The summed E-state index contributed by atoms with van der Waals surface area (Å²) in [6.45, 7) is 5.69. The number of rotatable bonds is 15. The lowest BCUT2D eigenvalue weighted by Gasteiger charge is -2.26. The van der Waals surface area contributed by atoms with Crippen LogP contribution in [0, 0.1) is 5.92 Å². The largest absolute Gasteiger partial charge is 0.497 e. The maximum absolute atomic E-state index is 13.7. The highest BCUT2D eigenvalue weighted by Gasteiger charge is 2.31. The molecule has 2 aromatic carbocycles. The monoisotopic (exact) mass is 577 g/mol. The van der Waals surface area contributed by atoms with Gasteiger partial charge in [0.15, 0.2) is 5.76 Å². The summed E-state index contributed by atoms with van der Waals surface area (Å²) in [6.07, 6.45) is 1.33. The molecule has 42 heavy (non-hydrogen) atoms. The van der Waals surface area contributed by atoms with Crippen molar-refractivity contribution in [1.82, 2.24) is 16.0 Å². The molecule has 0 unspecified atom stereocenters. The van der Waals surface area contributed by atoms with Gasteiger partial charge in [0.1, 0.15) is 17.8 Å². The first-order chi connectivity index (χ1) is 20.2. The Kier molecular flexibility index (Phi) is 12.2. The number of nitrogens with one attached hydrogen (secondary N) is 3. The lowest BCUT2D eigenvalue weighted by molar-refractivity contribution is -0.130. The molecule has 3 rings (SSSR count). The number of carbonyl (C=O) groups is 4. The number of alkyl carbamates (subject to hydrolysis) is 1. The van der Waals surface area contributed by atoms with Crippen molar-refractivity contribution in [2.45, 2.75) is 58.2 Å². The zero-order valence-electron chi connectivity index (χ0n) is 24.4. The van der Waals surface area contributed by atoms with Crippen molar-refractivity contribution in [2.75, 3.05) is 13.7 Å². The molecule has 0 saturated carbocycles. The molecule has 0 bridgehead atoms. The first-order valence-electron chi connectivity index (χ1n) is 14.0. The summed E-state index contributed by atoms with van der Waals surface area (Å²) in [4.78, 5) is 52.8. The van der Waals surface area contributed by atoms with Crippen LogP contribution >= 0.6 is 0 Å². The fraction of sp³-hybridized carbons (Fsp3) is 0.375. The van der Waals surface area contributed by atoms with Gasteiger partial charge in [-0.1, -0.05) is 56.3 Å². The predicted octanol–water partition coefficient (Wildman–Crippen LogP) is 4.09. The van der Waals surface area contributed by atoms with Crippen LogP contribution in [0.1, 0.15) is 48.9 Å². The number of benzene rings is 2. The van der Waals surface area contributed by atoms with Gasteiger partial charge >= 0.3 is 6.09 Å². The van der Waals surface area contributed by atoms with Crippen LogP contribution in [0.5, 0.6) is 5.75 Å². The van der Waals surface area contributed by atoms with Gasteiger partial charge in [0.2, 0.25) is 17.6 Å². The average Bonchev–Trinajstić information content (AvgIpc) is 3.52. The number of ketones is 1. The second-order valence-electron chi connectivity index (χ2n) is 10.3. The van der Waals surface area contributed by atoms with Crippen molar-refractivity contribution < 1.29 is 33.1 Å². The van der Waals surface area contributed by atoms with Gasteiger partial charge in [0.05, 0.1) is 26.0 Å². The van der Waals surface area contributed by atoms with E-state index in [0.29, 0.717) is 12.2 Å². The molecule has 0 radical (unpaired) electrons. The molecular weight excluding hydrogens is 538 g/mol. The fourth-order valence-electron chi connectivity index (χ4n) is 4.42. The Morgan fingerprint density at radius 1 is 0.762 bits per heavy atom. The fourth-order valence-corrected chi connectivity index (χ4v) is 4.42. The van der Waals surface area contributed by atoms with E-state index >= 15 is 0 Å². The molecule has 0 aliphatic rings. The number of Topliss-reactive ketones (excluding diaryl/α,β-unsaturated/α-hetero) is 1. The van der Waals surface area contributed by atoms with Gasteiger partial charge in [0, 0.05) is 12.8 Å². The van der Waals surface area contributed by atoms with Gasteiger partial charge in [-0.3, -0.25) is 14.4 Å². The maximum Gasteiger partial charge on any atom is 0.407 e. The van der Waals surface area contributed by atoms with E-state index in [4.69, 9.17) is 13.9 Å². The second-order valence-corrected chi connectivity index (χ2v) is 10.3. The molecule has 10 heteroatoms. The van der Waals surface area contributed by atoms with Crippen LogP contribution in [-0.2, 0) is 27.2 Å². The summed E-state index contributed by atoms with van der Waals surface area (Å²) in [6, 6.07) is 16.5.